The Kier molecular flexibility index (Phi) is 7.62. The number of nitrogens with one attached hydrogen (secondary N) is 2. The van der Waals surface area contributed by atoms with E-state index < -0.39 is 0 Å². The molecule has 2 rings (SSSR count). The first-order chi connectivity index (χ1) is 11.2. The molecule has 0 spiro atoms. The maximum absolute atomic E-state index is 5.49. The summed E-state index contributed by atoms with van der Waals surface area (Å²) in [7, 11) is 0. The van der Waals surface area contributed by atoms with Gasteiger partial charge in [-0.3, -0.25) is 0 Å². The van der Waals surface area contributed by atoms with Crippen LogP contribution >= 0.6 is 12.2 Å². The topological polar surface area (TPSA) is 36.5 Å². The molecule has 0 unspecified atom stereocenters. The molecule has 0 bridgehead atoms. The molecule has 1 aromatic rings. The Bertz CT molecular complexity index is 495. The van der Waals surface area contributed by atoms with E-state index in [2.05, 4.69) is 22.5 Å². The smallest absolute Gasteiger partial charge is 0.170 e. The molecule has 1 aromatic carbocycles. The van der Waals surface area contributed by atoms with Gasteiger partial charge in [-0.2, -0.15) is 0 Å². The van der Waals surface area contributed by atoms with Gasteiger partial charge in [-0.1, -0.05) is 13.0 Å². The monoisotopic (exact) mass is 335 g/mol. The lowest BCUT2D eigenvalue weighted by atomic mass is 10.0. The van der Waals surface area contributed by atoms with Crippen molar-refractivity contribution in [2.24, 2.45) is 5.92 Å². The van der Waals surface area contributed by atoms with Crippen LogP contribution in [0, 0.1) is 5.92 Å². The average molecular weight is 336 g/mol. The van der Waals surface area contributed by atoms with Crippen molar-refractivity contribution < 1.29 is 4.74 Å². The van der Waals surface area contributed by atoms with Crippen molar-refractivity contribution in [3.05, 3.63) is 24.3 Å². The van der Waals surface area contributed by atoms with E-state index in [9.17, 15) is 0 Å². The predicted molar refractivity (Wildman–Crippen MR) is 101 cm³/mol. The van der Waals surface area contributed by atoms with Gasteiger partial charge in [-0.25, -0.2) is 0 Å². The average Bonchev–Trinajstić information content (AvgIpc) is 2.52. The number of ether oxygens (including phenoxy) is 1. The van der Waals surface area contributed by atoms with Gasteiger partial charge in [0.05, 0.1) is 6.61 Å². The Morgan fingerprint density at radius 3 is 3.09 bits per heavy atom. The van der Waals surface area contributed by atoms with E-state index in [-0.39, 0.29) is 0 Å². The third-order valence-electron chi connectivity index (χ3n) is 4.08. The van der Waals surface area contributed by atoms with Gasteiger partial charge in [0.25, 0.3) is 0 Å². The van der Waals surface area contributed by atoms with Crippen molar-refractivity contribution in [1.29, 1.82) is 0 Å². The van der Waals surface area contributed by atoms with E-state index in [1.54, 1.807) is 0 Å². The molecule has 0 saturated carbocycles. The van der Waals surface area contributed by atoms with E-state index in [4.69, 9.17) is 17.0 Å². The first-order valence-electron chi connectivity index (χ1n) is 8.67. The van der Waals surface area contributed by atoms with Crippen LogP contribution in [0.4, 0.5) is 5.69 Å². The number of nitrogens with zero attached hydrogens (tertiary/aromatic N) is 1. The highest BCUT2D eigenvalue weighted by atomic mass is 32.1. The second kappa shape index (κ2) is 9.73. The Hall–Kier alpha value is -1.33. The van der Waals surface area contributed by atoms with E-state index in [0.717, 1.165) is 36.9 Å². The number of likely N-dealkylation sites (tertiary alicyclic amines) is 1. The zero-order valence-electron chi connectivity index (χ0n) is 14.3. The number of piperidine rings is 1. The first kappa shape index (κ1) is 18.0. The third kappa shape index (κ3) is 6.75. The van der Waals surface area contributed by atoms with Gasteiger partial charge >= 0.3 is 0 Å². The van der Waals surface area contributed by atoms with Crippen LogP contribution in [-0.4, -0.2) is 42.8 Å². The fourth-order valence-corrected chi connectivity index (χ4v) is 3.22. The van der Waals surface area contributed by atoms with Gasteiger partial charge in [0, 0.05) is 24.8 Å². The summed E-state index contributed by atoms with van der Waals surface area (Å²) >= 11 is 5.36. The van der Waals surface area contributed by atoms with Crippen molar-refractivity contribution in [3.8, 4) is 5.75 Å². The summed E-state index contributed by atoms with van der Waals surface area (Å²) in [6.45, 7) is 9.54. The van der Waals surface area contributed by atoms with Gasteiger partial charge in [-0.05, 0) is 69.5 Å². The maximum Gasteiger partial charge on any atom is 0.170 e. The highest BCUT2D eigenvalue weighted by Crippen LogP contribution is 2.17. The van der Waals surface area contributed by atoms with Gasteiger partial charge < -0.3 is 20.3 Å². The summed E-state index contributed by atoms with van der Waals surface area (Å²) < 4.78 is 5.49. The van der Waals surface area contributed by atoms with Crippen LogP contribution in [0.1, 0.15) is 33.1 Å². The van der Waals surface area contributed by atoms with Gasteiger partial charge in [0.15, 0.2) is 5.11 Å². The summed E-state index contributed by atoms with van der Waals surface area (Å²) in [6.07, 6.45) is 3.84. The largest absolute Gasteiger partial charge is 0.494 e. The number of hydrogen-bond acceptors (Lipinski definition) is 3. The fraction of sp³-hybridized carbons (Fsp3) is 0.611. The minimum Gasteiger partial charge on any atom is -0.494 e. The molecule has 0 amide bonds. The second-order valence-electron chi connectivity index (χ2n) is 6.24. The van der Waals surface area contributed by atoms with Gasteiger partial charge in [0.1, 0.15) is 5.75 Å². The maximum atomic E-state index is 5.49. The van der Waals surface area contributed by atoms with E-state index in [1.807, 2.05) is 31.2 Å². The first-order valence-corrected chi connectivity index (χ1v) is 9.08. The lowest BCUT2D eigenvalue weighted by Crippen LogP contribution is -2.37. The fourth-order valence-electron chi connectivity index (χ4n) is 3.00. The van der Waals surface area contributed by atoms with Crippen molar-refractivity contribution in [2.75, 3.05) is 38.1 Å². The van der Waals surface area contributed by atoms with Crippen LogP contribution in [0.3, 0.4) is 0 Å². The summed E-state index contributed by atoms with van der Waals surface area (Å²) in [6, 6.07) is 7.87. The summed E-state index contributed by atoms with van der Waals surface area (Å²) in [4.78, 5) is 2.57. The molecule has 1 aliphatic rings. The standard InChI is InChI=1S/C18H29N3OS/c1-3-22-17-9-4-8-16(13-17)20-18(23)19-10-6-12-21-11-5-7-15(2)14-21/h4,8-9,13,15H,3,5-7,10-12,14H2,1-2H3,(H2,19,20,23)/t15-/m1/s1. The Balaban J connectivity index is 1.64. The predicted octanol–water partition coefficient (Wildman–Crippen LogP) is 3.49. The van der Waals surface area contributed by atoms with Crippen LogP contribution in [0.25, 0.3) is 0 Å². The van der Waals surface area contributed by atoms with Gasteiger partial charge in [-0.15, -0.1) is 0 Å². The molecule has 1 heterocycles. The molecule has 128 valence electrons. The quantitative estimate of drug-likeness (QED) is 0.589. The number of rotatable bonds is 7. The van der Waals surface area contributed by atoms with Crippen molar-refractivity contribution >= 4 is 23.0 Å². The van der Waals surface area contributed by atoms with E-state index in [0.29, 0.717) is 11.7 Å². The normalized spacial score (nSPS) is 18.4. The van der Waals surface area contributed by atoms with Crippen LogP contribution in [-0.2, 0) is 0 Å². The molecule has 5 heteroatoms. The molecule has 4 nitrogen and oxygen atoms in total. The Morgan fingerprint density at radius 1 is 1.43 bits per heavy atom. The lowest BCUT2D eigenvalue weighted by molar-refractivity contribution is 0.182. The van der Waals surface area contributed by atoms with E-state index in [1.165, 1.54) is 25.9 Å². The molecule has 0 aliphatic carbocycles. The SMILES string of the molecule is CCOc1cccc(NC(=S)NCCCN2CCC[C@@H](C)C2)c1. The highest BCUT2D eigenvalue weighted by molar-refractivity contribution is 7.80. The second-order valence-corrected chi connectivity index (χ2v) is 6.65. The van der Waals surface area contributed by atoms with Crippen molar-refractivity contribution in [3.63, 3.8) is 0 Å². The number of thiocarbonyl (C=S) groups is 1. The van der Waals surface area contributed by atoms with Crippen molar-refractivity contribution in [2.45, 2.75) is 33.1 Å². The molecular weight excluding hydrogens is 306 g/mol. The minimum atomic E-state index is 0.668. The zero-order chi connectivity index (χ0) is 16.5. The summed E-state index contributed by atoms with van der Waals surface area (Å²) in [5, 5.41) is 7.17. The van der Waals surface area contributed by atoms with Crippen molar-refractivity contribution in [1.82, 2.24) is 10.2 Å². The van der Waals surface area contributed by atoms with E-state index >= 15 is 0 Å². The van der Waals surface area contributed by atoms with Crippen LogP contribution < -0.4 is 15.4 Å². The Labute approximate surface area is 145 Å². The summed E-state index contributed by atoms with van der Waals surface area (Å²) in [5.74, 6) is 1.71. The molecule has 1 aliphatic heterocycles. The summed E-state index contributed by atoms with van der Waals surface area (Å²) in [5.41, 5.74) is 0.957. The van der Waals surface area contributed by atoms with Crippen LogP contribution in [0.5, 0.6) is 5.75 Å². The molecule has 0 aromatic heterocycles. The lowest BCUT2D eigenvalue weighted by Gasteiger charge is -2.30. The molecule has 1 atom stereocenters. The molecule has 1 fully saturated rings. The zero-order valence-corrected chi connectivity index (χ0v) is 15.1. The molecule has 1 saturated heterocycles. The molecule has 0 radical (unpaired) electrons. The van der Waals surface area contributed by atoms with Gasteiger partial charge in [0.2, 0.25) is 0 Å². The van der Waals surface area contributed by atoms with Crippen LogP contribution in [0.2, 0.25) is 0 Å². The van der Waals surface area contributed by atoms with Crippen LogP contribution in [0.15, 0.2) is 24.3 Å². The third-order valence-corrected chi connectivity index (χ3v) is 4.33. The minimum absolute atomic E-state index is 0.668. The number of anilines is 1. The molecule has 23 heavy (non-hydrogen) atoms. The molecular formula is C18H29N3OS. The molecule has 2 N–H and O–H groups in total. The highest BCUT2D eigenvalue weighted by Gasteiger charge is 2.15. The number of benzene rings is 1. The Morgan fingerprint density at radius 2 is 2.30 bits per heavy atom. The number of hydrogen-bond donors (Lipinski definition) is 2.